The summed E-state index contributed by atoms with van der Waals surface area (Å²) in [4.78, 5) is 14.9. The molecule has 0 aliphatic carbocycles. The molecule has 35 heavy (non-hydrogen) atoms. The van der Waals surface area contributed by atoms with Crippen LogP contribution in [0.1, 0.15) is 32.6 Å². The molecule has 8 heteroatoms. The van der Waals surface area contributed by atoms with Gasteiger partial charge in [0.1, 0.15) is 5.82 Å². The van der Waals surface area contributed by atoms with E-state index in [9.17, 15) is 17.6 Å². The zero-order valence-electron chi connectivity index (χ0n) is 20.4. The number of sulfonamides is 1. The molecule has 6 nitrogen and oxygen atoms in total. The van der Waals surface area contributed by atoms with Gasteiger partial charge >= 0.3 is 0 Å². The van der Waals surface area contributed by atoms with Crippen LogP contribution in [-0.2, 0) is 10.0 Å². The van der Waals surface area contributed by atoms with Gasteiger partial charge in [-0.25, -0.2) is 12.8 Å². The number of carbonyl (C=O) groups is 1. The topological polar surface area (TPSA) is 69.7 Å². The molecule has 1 heterocycles. The first kappa shape index (κ1) is 24.9. The van der Waals surface area contributed by atoms with Crippen molar-refractivity contribution >= 4 is 27.3 Å². The van der Waals surface area contributed by atoms with Crippen molar-refractivity contribution in [2.24, 2.45) is 0 Å². The molecular formula is C27H30FN3O3S. The molecular weight excluding hydrogens is 465 g/mol. The highest BCUT2D eigenvalue weighted by molar-refractivity contribution is 7.89. The summed E-state index contributed by atoms with van der Waals surface area (Å²) in [6, 6.07) is 14.9. The van der Waals surface area contributed by atoms with Crippen molar-refractivity contribution in [1.82, 2.24) is 4.31 Å². The zero-order chi connectivity index (χ0) is 25.3. The molecule has 4 rings (SSSR count). The van der Waals surface area contributed by atoms with Gasteiger partial charge in [-0.15, -0.1) is 0 Å². The average molecular weight is 496 g/mol. The molecule has 0 atom stereocenters. The number of aryl methyl sites for hydroxylation is 2. The second-order valence-corrected chi connectivity index (χ2v) is 10.9. The van der Waals surface area contributed by atoms with E-state index in [2.05, 4.69) is 30.1 Å². The van der Waals surface area contributed by atoms with Gasteiger partial charge in [0.05, 0.1) is 10.5 Å². The summed E-state index contributed by atoms with van der Waals surface area (Å²) in [5.74, 6) is -1.46. The van der Waals surface area contributed by atoms with Crippen LogP contribution in [0.3, 0.4) is 0 Å². The lowest BCUT2D eigenvalue weighted by Gasteiger charge is -2.36. The van der Waals surface area contributed by atoms with Crippen molar-refractivity contribution in [1.29, 1.82) is 0 Å². The Morgan fingerprint density at radius 1 is 0.857 bits per heavy atom. The molecule has 0 bridgehead atoms. The number of nitrogens with zero attached hydrogens (tertiary/aromatic N) is 2. The van der Waals surface area contributed by atoms with E-state index in [-0.39, 0.29) is 10.5 Å². The Hall–Kier alpha value is -3.23. The van der Waals surface area contributed by atoms with Crippen molar-refractivity contribution in [3.63, 3.8) is 0 Å². The van der Waals surface area contributed by atoms with E-state index < -0.39 is 21.7 Å². The van der Waals surface area contributed by atoms with Gasteiger partial charge in [-0.1, -0.05) is 24.3 Å². The fourth-order valence-corrected chi connectivity index (χ4v) is 5.76. The molecule has 1 N–H and O–H groups in total. The van der Waals surface area contributed by atoms with Gasteiger partial charge in [-0.05, 0) is 80.3 Å². The number of anilines is 2. The summed E-state index contributed by atoms with van der Waals surface area (Å²) in [5, 5.41) is 2.71. The molecule has 0 saturated carbocycles. The first-order chi connectivity index (χ1) is 16.6. The number of benzene rings is 3. The van der Waals surface area contributed by atoms with E-state index in [0.717, 1.165) is 28.9 Å². The molecule has 0 unspecified atom stereocenters. The van der Waals surface area contributed by atoms with Gasteiger partial charge in [0, 0.05) is 37.6 Å². The number of piperazine rings is 1. The maximum absolute atomic E-state index is 14.6. The lowest BCUT2D eigenvalue weighted by atomic mass is 10.1. The van der Waals surface area contributed by atoms with Crippen LogP contribution < -0.4 is 10.2 Å². The van der Waals surface area contributed by atoms with E-state index in [4.69, 9.17) is 0 Å². The fraction of sp³-hybridized carbons (Fsp3) is 0.296. The lowest BCUT2D eigenvalue weighted by Crippen LogP contribution is -2.48. The molecule has 0 aromatic heterocycles. The van der Waals surface area contributed by atoms with Crippen LogP contribution in [0.25, 0.3) is 0 Å². The minimum absolute atomic E-state index is 0.0924. The Kier molecular flexibility index (Phi) is 6.96. The quantitative estimate of drug-likeness (QED) is 0.551. The molecule has 0 radical (unpaired) electrons. The summed E-state index contributed by atoms with van der Waals surface area (Å²) in [7, 11) is -3.89. The second-order valence-electron chi connectivity index (χ2n) is 8.95. The van der Waals surface area contributed by atoms with Gasteiger partial charge < -0.3 is 10.2 Å². The minimum Gasteiger partial charge on any atom is -0.369 e. The smallest absolute Gasteiger partial charge is 0.258 e. The van der Waals surface area contributed by atoms with Gasteiger partial charge in [0.15, 0.2) is 0 Å². The van der Waals surface area contributed by atoms with Crippen LogP contribution in [0.4, 0.5) is 15.8 Å². The molecule has 1 amide bonds. The monoisotopic (exact) mass is 495 g/mol. The highest BCUT2D eigenvalue weighted by Crippen LogP contribution is 2.27. The Morgan fingerprint density at radius 3 is 2.17 bits per heavy atom. The Morgan fingerprint density at radius 2 is 1.49 bits per heavy atom. The minimum atomic E-state index is -3.89. The second kappa shape index (κ2) is 9.79. The number of amides is 1. The van der Waals surface area contributed by atoms with Crippen LogP contribution >= 0.6 is 0 Å². The van der Waals surface area contributed by atoms with Gasteiger partial charge in [0.2, 0.25) is 10.0 Å². The van der Waals surface area contributed by atoms with E-state index in [1.807, 2.05) is 32.0 Å². The van der Waals surface area contributed by atoms with Crippen LogP contribution in [0.2, 0.25) is 0 Å². The van der Waals surface area contributed by atoms with Crippen LogP contribution in [0.5, 0.6) is 0 Å². The number of hydrogen-bond donors (Lipinski definition) is 1. The lowest BCUT2D eigenvalue weighted by molar-refractivity contribution is 0.102. The van der Waals surface area contributed by atoms with Gasteiger partial charge in [-0.2, -0.15) is 4.31 Å². The molecule has 1 aliphatic heterocycles. The average Bonchev–Trinajstić information content (AvgIpc) is 2.84. The molecule has 184 valence electrons. The largest absolute Gasteiger partial charge is 0.369 e. The SMILES string of the molecule is Cc1cccc(NC(=O)c2cc(S(=O)(=O)N3CCN(c4cccc(C)c4C)CC3)ccc2F)c1C. The highest BCUT2D eigenvalue weighted by atomic mass is 32.2. The molecule has 3 aromatic carbocycles. The third-order valence-corrected chi connectivity index (χ3v) is 8.72. The summed E-state index contributed by atoms with van der Waals surface area (Å²) in [6.45, 7) is 9.60. The molecule has 1 fully saturated rings. The van der Waals surface area contributed by atoms with E-state index in [1.54, 1.807) is 12.1 Å². The van der Waals surface area contributed by atoms with Crippen molar-refractivity contribution in [2.75, 3.05) is 36.4 Å². The van der Waals surface area contributed by atoms with Crippen molar-refractivity contribution < 1.29 is 17.6 Å². The third-order valence-electron chi connectivity index (χ3n) is 6.83. The van der Waals surface area contributed by atoms with Crippen molar-refractivity contribution in [3.8, 4) is 0 Å². The fourth-order valence-electron chi connectivity index (χ4n) is 4.31. The predicted molar refractivity (Wildman–Crippen MR) is 137 cm³/mol. The summed E-state index contributed by atoms with van der Waals surface area (Å²) in [6.07, 6.45) is 0. The Labute approximate surface area is 206 Å². The number of hydrogen-bond acceptors (Lipinski definition) is 4. The maximum atomic E-state index is 14.6. The van der Waals surface area contributed by atoms with E-state index in [1.165, 1.54) is 21.5 Å². The van der Waals surface area contributed by atoms with Crippen molar-refractivity contribution in [3.05, 3.63) is 88.2 Å². The Bertz CT molecular complexity index is 1380. The number of carbonyl (C=O) groups excluding carboxylic acids is 1. The maximum Gasteiger partial charge on any atom is 0.258 e. The standard InChI is InChI=1S/C27H30FN3O3S/c1-18-7-5-9-25(20(18)3)29-27(32)23-17-22(11-12-24(23)28)35(33,34)31-15-13-30(14-16-31)26-10-6-8-19(2)21(26)4/h5-12,17H,13-16H2,1-4H3,(H,29,32). The Balaban J connectivity index is 1.53. The molecule has 0 spiro atoms. The highest BCUT2D eigenvalue weighted by Gasteiger charge is 2.30. The first-order valence-electron chi connectivity index (χ1n) is 11.6. The number of rotatable bonds is 5. The predicted octanol–water partition coefficient (Wildman–Crippen LogP) is 4.82. The van der Waals surface area contributed by atoms with Crippen LogP contribution in [0, 0.1) is 33.5 Å². The third kappa shape index (κ3) is 4.94. The van der Waals surface area contributed by atoms with Gasteiger partial charge in [0.25, 0.3) is 5.91 Å². The summed E-state index contributed by atoms with van der Waals surface area (Å²) >= 11 is 0. The number of nitrogens with one attached hydrogen (secondary N) is 1. The van der Waals surface area contributed by atoms with Crippen LogP contribution in [-0.4, -0.2) is 44.8 Å². The van der Waals surface area contributed by atoms with Crippen LogP contribution in [0.15, 0.2) is 59.5 Å². The summed E-state index contributed by atoms with van der Waals surface area (Å²) < 4.78 is 42.7. The van der Waals surface area contributed by atoms with Gasteiger partial charge in [-0.3, -0.25) is 4.79 Å². The molecule has 1 aliphatic rings. The first-order valence-corrected chi connectivity index (χ1v) is 13.0. The molecule has 3 aromatic rings. The number of halogens is 1. The van der Waals surface area contributed by atoms with E-state index in [0.29, 0.717) is 31.9 Å². The normalized spacial score (nSPS) is 14.7. The summed E-state index contributed by atoms with van der Waals surface area (Å²) in [5.41, 5.74) is 5.59. The van der Waals surface area contributed by atoms with E-state index >= 15 is 0 Å². The van der Waals surface area contributed by atoms with Crippen molar-refractivity contribution in [2.45, 2.75) is 32.6 Å². The molecule has 1 saturated heterocycles. The zero-order valence-corrected chi connectivity index (χ0v) is 21.2.